The number of pyridine rings is 1. The van der Waals surface area contributed by atoms with E-state index in [1.807, 2.05) is 42.5 Å². The van der Waals surface area contributed by atoms with E-state index in [1.54, 1.807) is 10.8 Å². The molecule has 158 valence electrons. The van der Waals surface area contributed by atoms with Crippen LogP contribution in [0.1, 0.15) is 24.0 Å². The van der Waals surface area contributed by atoms with Gasteiger partial charge in [0.05, 0.1) is 18.2 Å². The fraction of sp³-hybridized carbons (Fsp3) is 0.238. The van der Waals surface area contributed by atoms with Gasteiger partial charge in [-0.1, -0.05) is 18.2 Å². The number of nitrogens with two attached hydrogens (primary N) is 2. The molecule has 4 aromatic rings. The summed E-state index contributed by atoms with van der Waals surface area (Å²) in [6, 6.07) is 9.82. The lowest BCUT2D eigenvalue weighted by Crippen LogP contribution is -2.24. The Labute approximate surface area is 176 Å². The summed E-state index contributed by atoms with van der Waals surface area (Å²) >= 11 is 0. The fourth-order valence-corrected chi connectivity index (χ4v) is 3.84. The van der Waals surface area contributed by atoms with Crippen LogP contribution in [0.2, 0.25) is 0 Å². The molecule has 31 heavy (non-hydrogen) atoms. The molecule has 0 radical (unpaired) electrons. The molecule has 1 saturated heterocycles. The maximum Gasteiger partial charge on any atom is 0.224 e. The van der Waals surface area contributed by atoms with Crippen LogP contribution in [0.3, 0.4) is 0 Å². The van der Waals surface area contributed by atoms with Gasteiger partial charge in [0.2, 0.25) is 5.95 Å². The van der Waals surface area contributed by atoms with Crippen LogP contribution in [0.25, 0.3) is 34.2 Å². The van der Waals surface area contributed by atoms with Crippen LogP contribution in [-0.4, -0.2) is 53.5 Å². The number of nitrogen functional groups attached to an aromatic ring is 2. The number of ether oxygens (including phenoxy) is 1. The van der Waals surface area contributed by atoms with E-state index in [-0.39, 0.29) is 24.8 Å². The number of hydrogen-bond donors (Lipinski definition) is 4. The lowest BCUT2D eigenvalue weighted by atomic mass is 10.1. The van der Waals surface area contributed by atoms with Gasteiger partial charge in [-0.3, -0.25) is 9.55 Å². The standard InChI is InChI=1S/C21H21N7O3/c22-19-18-20(27-21(23)26-19)28(17-9-14(30)15(10-29)31-17)16(25-18)6-4-11-3-5-13-12(8-11)2-1-7-24-13/h1-8,14-15,17,29-30H,9-10H2,(H4,22,23,26,27)/t14-,15+,17+/m0/s1. The van der Waals surface area contributed by atoms with E-state index in [0.29, 0.717) is 17.0 Å². The number of anilines is 2. The summed E-state index contributed by atoms with van der Waals surface area (Å²) < 4.78 is 7.57. The van der Waals surface area contributed by atoms with Crippen LogP contribution < -0.4 is 11.5 Å². The minimum Gasteiger partial charge on any atom is -0.394 e. The molecule has 0 aliphatic carbocycles. The Balaban J connectivity index is 1.60. The first-order chi connectivity index (χ1) is 15.0. The summed E-state index contributed by atoms with van der Waals surface area (Å²) in [5.41, 5.74) is 14.5. The number of benzene rings is 1. The van der Waals surface area contributed by atoms with Crippen molar-refractivity contribution in [2.75, 3.05) is 18.1 Å². The molecular formula is C21H21N7O3. The molecule has 5 rings (SSSR count). The first-order valence-electron chi connectivity index (χ1n) is 9.81. The zero-order valence-electron chi connectivity index (χ0n) is 16.5. The second-order valence-corrected chi connectivity index (χ2v) is 7.38. The SMILES string of the molecule is Nc1nc(N)c2nc(C=Cc3ccc4ncccc4c3)n([C@H]3C[C@H](O)[C@@H](CO)O3)c2n1. The molecule has 10 heteroatoms. The number of fused-ring (bicyclic) bond motifs is 2. The fourth-order valence-electron chi connectivity index (χ4n) is 3.84. The van der Waals surface area contributed by atoms with Crippen LogP contribution in [0, 0.1) is 0 Å². The number of nitrogens with zero attached hydrogens (tertiary/aromatic N) is 5. The van der Waals surface area contributed by atoms with Crippen molar-refractivity contribution >= 4 is 46.0 Å². The van der Waals surface area contributed by atoms with E-state index in [4.69, 9.17) is 16.2 Å². The van der Waals surface area contributed by atoms with Crippen molar-refractivity contribution in [3.63, 3.8) is 0 Å². The summed E-state index contributed by atoms with van der Waals surface area (Å²) in [4.78, 5) is 17.2. The molecule has 1 aliphatic heterocycles. The van der Waals surface area contributed by atoms with Crippen molar-refractivity contribution in [3.8, 4) is 0 Å². The van der Waals surface area contributed by atoms with Crippen molar-refractivity contribution in [2.24, 2.45) is 0 Å². The van der Waals surface area contributed by atoms with Crippen LogP contribution >= 0.6 is 0 Å². The molecule has 3 aromatic heterocycles. The second kappa shape index (κ2) is 7.58. The molecule has 10 nitrogen and oxygen atoms in total. The number of rotatable bonds is 4. The number of imidazole rings is 1. The molecule has 0 saturated carbocycles. The van der Waals surface area contributed by atoms with Gasteiger partial charge in [0.1, 0.15) is 18.2 Å². The van der Waals surface area contributed by atoms with E-state index < -0.39 is 18.4 Å². The predicted molar refractivity (Wildman–Crippen MR) is 116 cm³/mol. The molecule has 0 bridgehead atoms. The highest BCUT2D eigenvalue weighted by Gasteiger charge is 2.36. The van der Waals surface area contributed by atoms with Crippen molar-refractivity contribution in [1.82, 2.24) is 24.5 Å². The van der Waals surface area contributed by atoms with E-state index in [2.05, 4.69) is 19.9 Å². The van der Waals surface area contributed by atoms with Gasteiger partial charge < -0.3 is 26.4 Å². The van der Waals surface area contributed by atoms with Gasteiger partial charge in [0, 0.05) is 18.0 Å². The normalized spacial score (nSPS) is 21.5. The predicted octanol–water partition coefficient (Wildman–Crippen LogP) is 1.35. The van der Waals surface area contributed by atoms with Gasteiger partial charge in [-0.15, -0.1) is 0 Å². The van der Waals surface area contributed by atoms with Crippen LogP contribution in [0.4, 0.5) is 11.8 Å². The summed E-state index contributed by atoms with van der Waals surface area (Å²) in [6.07, 6.45) is 3.66. The molecule has 1 fully saturated rings. The number of aliphatic hydroxyl groups is 2. The summed E-state index contributed by atoms with van der Waals surface area (Å²) in [5, 5.41) is 20.7. The van der Waals surface area contributed by atoms with Gasteiger partial charge in [0.25, 0.3) is 0 Å². The lowest BCUT2D eigenvalue weighted by molar-refractivity contribution is -0.0433. The maximum absolute atomic E-state index is 10.2. The van der Waals surface area contributed by atoms with Crippen molar-refractivity contribution in [2.45, 2.75) is 24.9 Å². The Kier molecular flexibility index (Phi) is 4.74. The van der Waals surface area contributed by atoms with Crippen molar-refractivity contribution in [1.29, 1.82) is 0 Å². The molecule has 4 heterocycles. The van der Waals surface area contributed by atoms with Gasteiger partial charge >= 0.3 is 0 Å². The smallest absolute Gasteiger partial charge is 0.224 e. The molecule has 1 aliphatic rings. The van der Waals surface area contributed by atoms with Crippen LogP contribution in [0.15, 0.2) is 36.5 Å². The number of aromatic nitrogens is 5. The second-order valence-electron chi connectivity index (χ2n) is 7.38. The quantitative estimate of drug-likeness (QED) is 0.383. The molecule has 6 N–H and O–H groups in total. The Morgan fingerprint density at radius 1 is 1.16 bits per heavy atom. The van der Waals surface area contributed by atoms with Gasteiger partial charge in [-0.05, 0) is 29.8 Å². The molecule has 0 amide bonds. The summed E-state index contributed by atoms with van der Waals surface area (Å²) in [6.45, 7) is -0.292. The highest BCUT2D eigenvalue weighted by molar-refractivity contribution is 5.86. The lowest BCUT2D eigenvalue weighted by Gasteiger charge is -2.15. The topological polar surface area (TPSA) is 158 Å². The highest BCUT2D eigenvalue weighted by Crippen LogP contribution is 2.34. The summed E-state index contributed by atoms with van der Waals surface area (Å²) in [5.74, 6) is 0.689. The minimum atomic E-state index is -0.811. The first-order valence-corrected chi connectivity index (χ1v) is 9.81. The van der Waals surface area contributed by atoms with Crippen LogP contribution in [-0.2, 0) is 4.74 Å². The first kappa shape index (κ1) is 19.4. The van der Waals surface area contributed by atoms with Crippen LogP contribution in [0.5, 0.6) is 0 Å². The van der Waals surface area contributed by atoms with E-state index in [1.165, 1.54) is 0 Å². The average Bonchev–Trinajstić information content (AvgIpc) is 3.31. The highest BCUT2D eigenvalue weighted by atomic mass is 16.5. The largest absolute Gasteiger partial charge is 0.394 e. The van der Waals surface area contributed by atoms with E-state index in [9.17, 15) is 10.2 Å². The molecule has 1 aromatic carbocycles. The monoisotopic (exact) mass is 419 g/mol. The Morgan fingerprint density at radius 3 is 2.84 bits per heavy atom. The average molecular weight is 419 g/mol. The Hall–Kier alpha value is -3.60. The van der Waals surface area contributed by atoms with Gasteiger partial charge in [-0.25, -0.2) is 4.98 Å². The van der Waals surface area contributed by atoms with Crippen molar-refractivity contribution < 1.29 is 14.9 Å². The number of aliphatic hydroxyl groups excluding tert-OH is 2. The van der Waals surface area contributed by atoms with Gasteiger partial charge in [0.15, 0.2) is 17.0 Å². The third-order valence-corrected chi connectivity index (χ3v) is 5.34. The summed E-state index contributed by atoms with van der Waals surface area (Å²) in [7, 11) is 0. The third-order valence-electron chi connectivity index (χ3n) is 5.34. The van der Waals surface area contributed by atoms with E-state index >= 15 is 0 Å². The minimum absolute atomic E-state index is 0.0148. The van der Waals surface area contributed by atoms with Crippen molar-refractivity contribution in [3.05, 3.63) is 47.9 Å². The third kappa shape index (κ3) is 3.46. The number of hydrogen-bond acceptors (Lipinski definition) is 9. The maximum atomic E-state index is 10.2. The van der Waals surface area contributed by atoms with E-state index in [0.717, 1.165) is 16.5 Å². The molecule has 0 unspecified atom stereocenters. The zero-order valence-corrected chi connectivity index (χ0v) is 16.5. The van der Waals surface area contributed by atoms with Gasteiger partial charge in [-0.2, -0.15) is 9.97 Å². The zero-order chi connectivity index (χ0) is 21.5. The molecule has 3 atom stereocenters. The molecular weight excluding hydrogens is 398 g/mol. The Bertz CT molecular complexity index is 1300. The Morgan fingerprint density at radius 2 is 2.03 bits per heavy atom. The molecule has 0 spiro atoms.